The van der Waals surface area contributed by atoms with Gasteiger partial charge in [-0.25, -0.2) is 0 Å². The zero-order valence-electron chi connectivity index (χ0n) is 8.25. The van der Waals surface area contributed by atoms with E-state index >= 15 is 0 Å². The molecule has 1 aromatic heterocycles. The average molecular weight is 293 g/mol. The Bertz CT molecular complexity index is 307. The summed E-state index contributed by atoms with van der Waals surface area (Å²) >= 11 is 6.77. The van der Waals surface area contributed by atoms with Crippen LogP contribution in [0.4, 0.5) is 0 Å². The van der Waals surface area contributed by atoms with Gasteiger partial charge in [-0.3, -0.25) is 4.79 Å². The van der Waals surface area contributed by atoms with Crippen LogP contribution in [-0.2, 0) is 11.2 Å². The standard InChI is InChI=1S/C10H13BrOS2/c1-7(2)14-6-8(12)5-10-9(11)3-4-13-10/h3-4,7H,5-6H2,1-2H3. The van der Waals surface area contributed by atoms with Crippen molar-refractivity contribution in [3.8, 4) is 0 Å². The average Bonchev–Trinajstić information content (AvgIpc) is 2.49. The molecule has 0 bridgehead atoms. The molecule has 78 valence electrons. The van der Waals surface area contributed by atoms with E-state index < -0.39 is 0 Å². The Morgan fingerprint density at radius 3 is 2.86 bits per heavy atom. The van der Waals surface area contributed by atoms with E-state index in [1.807, 2.05) is 11.4 Å². The van der Waals surface area contributed by atoms with E-state index in [0.717, 1.165) is 9.35 Å². The van der Waals surface area contributed by atoms with Gasteiger partial charge in [-0.15, -0.1) is 11.3 Å². The highest BCUT2D eigenvalue weighted by atomic mass is 79.9. The Morgan fingerprint density at radius 2 is 2.36 bits per heavy atom. The van der Waals surface area contributed by atoms with E-state index in [0.29, 0.717) is 23.2 Å². The molecule has 0 atom stereocenters. The third-order valence-corrected chi connectivity index (χ3v) is 4.71. The summed E-state index contributed by atoms with van der Waals surface area (Å²) in [5.41, 5.74) is 0. The number of ketones is 1. The van der Waals surface area contributed by atoms with Gasteiger partial charge in [-0.1, -0.05) is 13.8 Å². The number of thioether (sulfide) groups is 1. The van der Waals surface area contributed by atoms with E-state index in [9.17, 15) is 4.79 Å². The molecule has 0 aliphatic rings. The monoisotopic (exact) mass is 292 g/mol. The summed E-state index contributed by atoms with van der Waals surface area (Å²) in [6.45, 7) is 4.22. The van der Waals surface area contributed by atoms with Crippen molar-refractivity contribution in [2.24, 2.45) is 0 Å². The lowest BCUT2D eigenvalue weighted by molar-refractivity contribution is -0.115. The number of thiophene rings is 1. The van der Waals surface area contributed by atoms with Crippen LogP contribution in [0.5, 0.6) is 0 Å². The van der Waals surface area contributed by atoms with Crippen LogP contribution in [0.15, 0.2) is 15.9 Å². The number of carbonyl (C=O) groups is 1. The van der Waals surface area contributed by atoms with Crippen molar-refractivity contribution in [2.75, 3.05) is 5.75 Å². The van der Waals surface area contributed by atoms with Gasteiger partial charge in [0, 0.05) is 15.8 Å². The maximum atomic E-state index is 11.5. The van der Waals surface area contributed by atoms with Gasteiger partial charge in [-0.2, -0.15) is 11.8 Å². The van der Waals surface area contributed by atoms with Crippen molar-refractivity contribution in [1.82, 2.24) is 0 Å². The number of hydrogen-bond acceptors (Lipinski definition) is 3. The molecule has 0 amide bonds. The molecule has 0 aromatic carbocycles. The Balaban J connectivity index is 2.38. The molecule has 0 aliphatic heterocycles. The smallest absolute Gasteiger partial charge is 0.147 e. The predicted molar refractivity (Wildman–Crippen MR) is 68.3 cm³/mol. The summed E-state index contributed by atoms with van der Waals surface area (Å²) in [6.07, 6.45) is 0.567. The van der Waals surface area contributed by atoms with Crippen LogP contribution in [0.1, 0.15) is 18.7 Å². The first kappa shape index (κ1) is 12.3. The maximum absolute atomic E-state index is 11.5. The summed E-state index contributed by atoms with van der Waals surface area (Å²) in [4.78, 5) is 12.7. The van der Waals surface area contributed by atoms with E-state index in [1.165, 1.54) is 0 Å². The maximum Gasteiger partial charge on any atom is 0.147 e. The lowest BCUT2D eigenvalue weighted by Crippen LogP contribution is -2.06. The normalized spacial score (nSPS) is 10.9. The Morgan fingerprint density at radius 1 is 1.64 bits per heavy atom. The molecule has 0 N–H and O–H groups in total. The van der Waals surface area contributed by atoms with Crippen LogP contribution in [-0.4, -0.2) is 16.8 Å². The third kappa shape index (κ3) is 4.15. The second-order valence-electron chi connectivity index (χ2n) is 3.27. The first-order valence-corrected chi connectivity index (χ1v) is 7.17. The van der Waals surface area contributed by atoms with E-state index in [2.05, 4.69) is 29.8 Å². The number of Topliss-reactive ketones (excluding diaryl/α,β-unsaturated/α-hetero) is 1. The molecule has 1 aromatic rings. The Labute approximate surface area is 101 Å². The molecule has 1 nitrogen and oxygen atoms in total. The molecule has 14 heavy (non-hydrogen) atoms. The second kappa shape index (κ2) is 5.93. The van der Waals surface area contributed by atoms with Crippen molar-refractivity contribution >= 4 is 44.8 Å². The highest BCUT2D eigenvalue weighted by molar-refractivity contribution is 9.10. The van der Waals surface area contributed by atoms with Crippen LogP contribution in [0, 0.1) is 0 Å². The molecule has 0 unspecified atom stereocenters. The highest BCUT2D eigenvalue weighted by Gasteiger charge is 2.08. The van der Waals surface area contributed by atoms with Gasteiger partial charge in [0.05, 0.1) is 5.75 Å². The summed E-state index contributed by atoms with van der Waals surface area (Å²) in [6, 6.07) is 1.99. The summed E-state index contributed by atoms with van der Waals surface area (Å²) in [7, 11) is 0. The molecular formula is C10H13BrOS2. The van der Waals surface area contributed by atoms with Crippen molar-refractivity contribution < 1.29 is 4.79 Å². The quantitative estimate of drug-likeness (QED) is 0.822. The lowest BCUT2D eigenvalue weighted by atomic mass is 10.3. The second-order valence-corrected chi connectivity index (χ2v) is 6.69. The van der Waals surface area contributed by atoms with Gasteiger partial charge < -0.3 is 0 Å². The summed E-state index contributed by atoms with van der Waals surface area (Å²) in [5, 5.41) is 2.54. The molecular weight excluding hydrogens is 280 g/mol. The van der Waals surface area contributed by atoms with Gasteiger partial charge in [0.2, 0.25) is 0 Å². The van der Waals surface area contributed by atoms with Crippen molar-refractivity contribution in [2.45, 2.75) is 25.5 Å². The number of rotatable bonds is 5. The minimum atomic E-state index is 0.312. The topological polar surface area (TPSA) is 17.1 Å². The molecule has 0 spiro atoms. The van der Waals surface area contributed by atoms with Crippen molar-refractivity contribution in [1.29, 1.82) is 0 Å². The number of hydrogen-bond donors (Lipinski definition) is 0. The minimum absolute atomic E-state index is 0.312. The van der Waals surface area contributed by atoms with Crippen LogP contribution >= 0.6 is 39.0 Å². The minimum Gasteiger partial charge on any atom is -0.298 e. The zero-order valence-corrected chi connectivity index (χ0v) is 11.5. The van der Waals surface area contributed by atoms with Gasteiger partial charge >= 0.3 is 0 Å². The van der Waals surface area contributed by atoms with E-state index in [4.69, 9.17) is 0 Å². The lowest BCUT2D eigenvalue weighted by Gasteiger charge is -2.03. The fraction of sp³-hybridized carbons (Fsp3) is 0.500. The van der Waals surface area contributed by atoms with Crippen LogP contribution in [0.25, 0.3) is 0 Å². The van der Waals surface area contributed by atoms with Crippen LogP contribution in [0.3, 0.4) is 0 Å². The molecule has 0 radical (unpaired) electrons. The fourth-order valence-corrected chi connectivity index (χ4v) is 3.08. The van der Waals surface area contributed by atoms with Gasteiger partial charge in [0.1, 0.15) is 5.78 Å². The molecule has 4 heteroatoms. The van der Waals surface area contributed by atoms with E-state index in [-0.39, 0.29) is 0 Å². The Hall–Kier alpha value is 0.200. The first-order valence-electron chi connectivity index (χ1n) is 4.44. The molecule has 0 saturated heterocycles. The highest BCUT2D eigenvalue weighted by Crippen LogP contribution is 2.23. The Kier molecular flexibility index (Phi) is 5.20. The molecule has 1 rings (SSSR count). The molecule has 0 aliphatic carbocycles. The third-order valence-electron chi connectivity index (χ3n) is 1.63. The molecule has 0 saturated carbocycles. The number of carbonyl (C=O) groups excluding carboxylic acids is 1. The fourth-order valence-electron chi connectivity index (χ4n) is 0.941. The largest absolute Gasteiger partial charge is 0.298 e. The van der Waals surface area contributed by atoms with Crippen LogP contribution in [0.2, 0.25) is 0 Å². The van der Waals surface area contributed by atoms with E-state index in [1.54, 1.807) is 23.1 Å². The van der Waals surface area contributed by atoms with Crippen molar-refractivity contribution in [3.63, 3.8) is 0 Å². The molecule has 1 heterocycles. The SMILES string of the molecule is CC(C)SCC(=O)Cc1sccc1Br. The first-order chi connectivity index (χ1) is 6.59. The summed E-state index contributed by atoms with van der Waals surface area (Å²) in [5.74, 6) is 0.939. The predicted octanol–water partition coefficient (Wildman–Crippen LogP) is 3.76. The van der Waals surface area contributed by atoms with Gasteiger partial charge in [0.15, 0.2) is 0 Å². The van der Waals surface area contributed by atoms with Gasteiger partial charge in [0.25, 0.3) is 0 Å². The summed E-state index contributed by atoms with van der Waals surface area (Å²) < 4.78 is 1.06. The van der Waals surface area contributed by atoms with Crippen LogP contribution < -0.4 is 0 Å². The molecule has 0 fully saturated rings. The number of halogens is 1. The van der Waals surface area contributed by atoms with Crippen molar-refractivity contribution in [3.05, 3.63) is 20.8 Å². The van der Waals surface area contributed by atoms with Gasteiger partial charge in [-0.05, 0) is 32.6 Å². The zero-order chi connectivity index (χ0) is 10.6.